The fraction of sp³-hybridized carbons (Fsp3) is 0.727. The predicted molar refractivity (Wildman–Crippen MR) is 210 cm³/mol. The van der Waals surface area contributed by atoms with Gasteiger partial charge in [-0.1, -0.05) is 158 Å². The molecule has 0 bridgehead atoms. The lowest BCUT2D eigenvalue weighted by Gasteiger charge is -2.19. The van der Waals surface area contributed by atoms with Gasteiger partial charge in [-0.2, -0.15) is 0 Å². The molecule has 0 saturated carbocycles. The number of aliphatic imine (C=N–C) groups is 1. The van der Waals surface area contributed by atoms with Crippen LogP contribution in [-0.2, 0) is 4.79 Å². The first kappa shape index (κ1) is 42.9. The summed E-state index contributed by atoms with van der Waals surface area (Å²) in [5.41, 5.74) is 1.08. The number of hydrogen-bond acceptors (Lipinski definition) is 2. The van der Waals surface area contributed by atoms with Gasteiger partial charge in [0.1, 0.15) is 0 Å². The van der Waals surface area contributed by atoms with Crippen LogP contribution in [0.2, 0.25) is 0 Å². The highest BCUT2D eigenvalue weighted by Crippen LogP contribution is 2.17. The average molecular weight is 649 g/mol. The van der Waals surface area contributed by atoms with Crippen LogP contribution >= 0.6 is 0 Å². The number of hydrogen-bond donors (Lipinski definition) is 1. The van der Waals surface area contributed by atoms with E-state index in [-0.39, 0.29) is 5.91 Å². The van der Waals surface area contributed by atoms with Gasteiger partial charge in [-0.05, 0) is 83.5 Å². The molecule has 1 N–H and O–H groups in total. The van der Waals surface area contributed by atoms with Crippen molar-refractivity contribution in [1.29, 1.82) is 0 Å². The van der Waals surface area contributed by atoms with Crippen molar-refractivity contribution >= 4 is 12.1 Å². The van der Waals surface area contributed by atoms with Crippen molar-refractivity contribution in [2.45, 2.75) is 206 Å². The summed E-state index contributed by atoms with van der Waals surface area (Å²) in [6, 6.07) is 0.334. The molecule has 1 heterocycles. The van der Waals surface area contributed by atoms with Crippen molar-refractivity contribution < 1.29 is 4.79 Å². The Morgan fingerprint density at radius 1 is 0.617 bits per heavy atom. The molecule has 0 unspecified atom stereocenters. The molecule has 47 heavy (non-hydrogen) atoms. The minimum atomic E-state index is 0.207. The summed E-state index contributed by atoms with van der Waals surface area (Å²) in [5, 5.41) is 3.40. The topological polar surface area (TPSA) is 41.5 Å². The van der Waals surface area contributed by atoms with Crippen molar-refractivity contribution in [2.75, 3.05) is 0 Å². The number of allylic oxidation sites excluding steroid dienone is 10. The third-order valence-corrected chi connectivity index (χ3v) is 9.20. The molecule has 1 aliphatic rings. The predicted octanol–water partition coefficient (Wildman–Crippen LogP) is 14.0. The standard InChI is InChI=1S/C44H76N2O/c1-3-5-7-9-11-13-15-17-19-21-23-25-27-29-31-33-36-43(46-44(47)40-39-42-38-35-41-45-42)37-34-32-30-28-26-24-22-20-18-16-14-12-10-8-6-4-2/h11-14,17-20,38,41,43H,3-10,15-16,21-37,39-40H2,1-2H3,(H,46,47)/b13-11-,14-12-,19-17-,20-18-. The highest BCUT2D eigenvalue weighted by atomic mass is 16.1. The molecule has 1 amide bonds. The van der Waals surface area contributed by atoms with E-state index in [4.69, 9.17) is 0 Å². The Morgan fingerprint density at radius 3 is 1.47 bits per heavy atom. The maximum atomic E-state index is 12.7. The Kier molecular flexibility index (Phi) is 32.1. The lowest BCUT2D eigenvalue weighted by molar-refractivity contribution is -0.121. The number of carbonyl (C=O) groups excluding carboxylic acids is 1. The Bertz CT molecular complexity index is 829. The van der Waals surface area contributed by atoms with E-state index >= 15 is 0 Å². The number of rotatable bonds is 34. The zero-order valence-corrected chi connectivity index (χ0v) is 31.2. The van der Waals surface area contributed by atoms with Crippen molar-refractivity contribution in [3.8, 4) is 0 Å². The second-order valence-corrected chi connectivity index (χ2v) is 13.8. The molecule has 0 aromatic heterocycles. The largest absolute Gasteiger partial charge is 0.353 e. The molecule has 268 valence electrons. The van der Waals surface area contributed by atoms with E-state index in [0.29, 0.717) is 12.5 Å². The van der Waals surface area contributed by atoms with E-state index in [1.807, 2.05) is 6.21 Å². The molecule has 3 heteroatoms. The molecule has 0 radical (unpaired) electrons. The average Bonchev–Trinajstić information content (AvgIpc) is 3.61. The second kappa shape index (κ2) is 35.2. The van der Waals surface area contributed by atoms with Gasteiger partial charge in [0.05, 0.1) is 0 Å². The van der Waals surface area contributed by atoms with Gasteiger partial charge in [-0.25, -0.2) is 0 Å². The first-order valence-electron chi connectivity index (χ1n) is 20.4. The lowest BCUT2D eigenvalue weighted by atomic mass is 9.99. The zero-order valence-electron chi connectivity index (χ0n) is 31.2. The molecule has 0 aliphatic carbocycles. The first-order valence-corrected chi connectivity index (χ1v) is 20.4. The van der Waals surface area contributed by atoms with Gasteiger partial charge in [0.15, 0.2) is 0 Å². The van der Waals surface area contributed by atoms with Crippen LogP contribution in [0.4, 0.5) is 0 Å². The summed E-state index contributed by atoms with van der Waals surface area (Å²) in [6.45, 7) is 4.53. The SMILES string of the molecule is CCCCC/C=C\C/C=C\CCCCCCCCC(CCCCCCCC/C=C\C/C=C\CCCCC)NC(=O)CCC1=CCC=N1. The summed E-state index contributed by atoms with van der Waals surface area (Å²) in [7, 11) is 0. The molecule has 0 fully saturated rings. The second-order valence-electron chi connectivity index (χ2n) is 13.8. The van der Waals surface area contributed by atoms with Crippen molar-refractivity contribution in [1.82, 2.24) is 5.32 Å². The van der Waals surface area contributed by atoms with Crippen molar-refractivity contribution in [2.24, 2.45) is 4.99 Å². The Labute approximate surface area is 293 Å². The molecule has 3 nitrogen and oxygen atoms in total. The van der Waals surface area contributed by atoms with Crippen LogP contribution in [0.5, 0.6) is 0 Å². The van der Waals surface area contributed by atoms with Crippen LogP contribution in [0.15, 0.2) is 65.4 Å². The molecule has 1 rings (SSSR count). The molecular weight excluding hydrogens is 572 g/mol. The van der Waals surface area contributed by atoms with E-state index in [0.717, 1.165) is 44.2 Å². The summed E-state index contributed by atoms with van der Waals surface area (Å²) in [5.74, 6) is 0.207. The number of nitrogens with one attached hydrogen (secondary N) is 1. The number of unbranched alkanes of at least 4 members (excludes halogenated alkanes) is 18. The van der Waals surface area contributed by atoms with E-state index in [2.05, 4.69) is 78.8 Å². The zero-order chi connectivity index (χ0) is 33.7. The normalized spacial score (nSPS) is 13.5. The maximum absolute atomic E-state index is 12.7. The number of nitrogens with zero attached hydrogens (tertiary/aromatic N) is 1. The Hall–Kier alpha value is -2.16. The molecular formula is C44H76N2O. The van der Waals surface area contributed by atoms with Gasteiger partial charge in [-0.15, -0.1) is 0 Å². The van der Waals surface area contributed by atoms with Crippen LogP contribution in [0.25, 0.3) is 0 Å². The quantitative estimate of drug-likeness (QED) is 0.0547. The monoisotopic (exact) mass is 649 g/mol. The summed E-state index contributed by atoms with van der Waals surface area (Å²) in [4.78, 5) is 17.1. The van der Waals surface area contributed by atoms with Gasteiger partial charge in [-0.3, -0.25) is 9.79 Å². The Morgan fingerprint density at radius 2 is 1.04 bits per heavy atom. The van der Waals surface area contributed by atoms with E-state index in [9.17, 15) is 4.79 Å². The molecule has 1 aliphatic heterocycles. The molecule has 0 spiro atoms. The smallest absolute Gasteiger partial charge is 0.220 e. The van der Waals surface area contributed by atoms with Crippen molar-refractivity contribution in [3.63, 3.8) is 0 Å². The van der Waals surface area contributed by atoms with E-state index in [1.54, 1.807) is 0 Å². The molecule has 0 saturated heterocycles. The van der Waals surface area contributed by atoms with E-state index in [1.165, 1.54) is 141 Å². The van der Waals surface area contributed by atoms with E-state index < -0.39 is 0 Å². The maximum Gasteiger partial charge on any atom is 0.220 e. The summed E-state index contributed by atoms with van der Waals surface area (Å²) >= 11 is 0. The van der Waals surface area contributed by atoms with Gasteiger partial charge >= 0.3 is 0 Å². The Balaban J connectivity index is 2.14. The van der Waals surface area contributed by atoms with Crippen LogP contribution < -0.4 is 5.32 Å². The third-order valence-electron chi connectivity index (χ3n) is 9.20. The fourth-order valence-electron chi connectivity index (χ4n) is 6.17. The summed E-state index contributed by atoms with van der Waals surface area (Å²) in [6.07, 6.45) is 58.0. The van der Waals surface area contributed by atoms with Gasteiger partial charge < -0.3 is 5.32 Å². The molecule has 0 atom stereocenters. The fourth-order valence-corrected chi connectivity index (χ4v) is 6.17. The summed E-state index contributed by atoms with van der Waals surface area (Å²) < 4.78 is 0. The van der Waals surface area contributed by atoms with Crippen LogP contribution in [0.3, 0.4) is 0 Å². The van der Waals surface area contributed by atoms with Gasteiger partial charge in [0.25, 0.3) is 0 Å². The highest BCUT2D eigenvalue weighted by Gasteiger charge is 2.13. The molecule has 0 aromatic carbocycles. The molecule has 0 aromatic rings. The van der Waals surface area contributed by atoms with Crippen LogP contribution in [-0.4, -0.2) is 18.2 Å². The minimum absolute atomic E-state index is 0.207. The van der Waals surface area contributed by atoms with Gasteiger partial charge in [0.2, 0.25) is 5.91 Å². The number of amides is 1. The lowest BCUT2D eigenvalue weighted by Crippen LogP contribution is -2.34. The third kappa shape index (κ3) is 30.9. The van der Waals surface area contributed by atoms with Crippen LogP contribution in [0, 0.1) is 0 Å². The van der Waals surface area contributed by atoms with Crippen molar-refractivity contribution in [3.05, 3.63) is 60.4 Å². The minimum Gasteiger partial charge on any atom is -0.353 e. The highest BCUT2D eigenvalue weighted by molar-refractivity contribution is 5.76. The first-order chi connectivity index (χ1) is 23.3. The number of carbonyl (C=O) groups is 1. The van der Waals surface area contributed by atoms with Gasteiger partial charge in [0, 0.05) is 30.8 Å². The van der Waals surface area contributed by atoms with Crippen LogP contribution in [0.1, 0.15) is 200 Å².